The van der Waals surface area contributed by atoms with E-state index in [1.807, 2.05) is 0 Å². The summed E-state index contributed by atoms with van der Waals surface area (Å²) >= 11 is 0. The van der Waals surface area contributed by atoms with Crippen molar-refractivity contribution in [3.8, 4) is 0 Å². The molecule has 0 saturated carbocycles. The van der Waals surface area contributed by atoms with Crippen LogP contribution in [0.2, 0.25) is 0 Å². The van der Waals surface area contributed by atoms with E-state index < -0.39 is 9.84 Å². The van der Waals surface area contributed by atoms with Crippen molar-refractivity contribution in [3.63, 3.8) is 0 Å². The van der Waals surface area contributed by atoms with E-state index in [0.717, 1.165) is 32.7 Å². The first-order valence-corrected chi connectivity index (χ1v) is 8.21. The molecule has 2 N–H and O–H groups in total. The molecule has 0 radical (unpaired) electrons. The molecule has 0 bridgehead atoms. The van der Waals surface area contributed by atoms with Gasteiger partial charge >= 0.3 is 0 Å². The highest BCUT2D eigenvalue weighted by molar-refractivity contribution is 7.91. The third kappa shape index (κ3) is 2.65. The van der Waals surface area contributed by atoms with E-state index in [0.29, 0.717) is 18.7 Å². The molecule has 0 aromatic carbocycles. The highest BCUT2D eigenvalue weighted by atomic mass is 32.2. The van der Waals surface area contributed by atoms with Crippen molar-refractivity contribution in [2.75, 3.05) is 50.8 Å². The number of nitrogens with two attached hydrogens (primary N) is 1. The molecule has 1 unspecified atom stereocenters. The van der Waals surface area contributed by atoms with E-state index in [4.69, 9.17) is 5.73 Å². The summed E-state index contributed by atoms with van der Waals surface area (Å²) in [5, 5.41) is 0. The predicted molar refractivity (Wildman–Crippen MR) is 68.7 cm³/mol. The maximum absolute atomic E-state index is 11.7. The number of likely N-dealkylation sites (N-methyl/N-ethyl adjacent to an activating group) is 1. The molecule has 6 heteroatoms. The number of hydrogen-bond donors (Lipinski definition) is 1. The minimum Gasteiger partial charge on any atom is -0.329 e. The first-order chi connectivity index (χ1) is 8.01. The molecule has 17 heavy (non-hydrogen) atoms. The Bertz CT molecular complexity index is 363. The molecule has 2 rings (SSSR count). The van der Waals surface area contributed by atoms with Gasteiger partial charge in [0.05, 0.1) is 11.5 Å². The summed E-state index contributed by atoms with van der Waals surface area (Å²) in [7, 11) is -2.87. The Labute approximate surface area is 104 Å². The Hall–Kier alpha value is -0.170. The van der Waals surface area contributed by atoms with Crippen LogP contribution in [-0.2, 0) is 9.84 Å². The Morgan fingerprint density at radius 2 is 1.88 bits per heavy atom. The Morgan fingerprint density at radius 3 is 2.29 bits per heavy atom. The molecule has 1 atom stereocenters. The van der Waals surface area contributed by atoms with Crippen LogP contribution in [0.3, 0.4) is 0 Å². The summed E-state index contributed by atoms with van der Waals surface area (Å²) in [6, 6.07) is 0. The van der Waals surface area contributed by atoms with Gasteiger partial charge in [-0.2, -0.15) is 0 Å². The summed E-state index contributed by atoms with van der Waals surface area (Å²) in [6.07, 6.45) is 0.706. The smallest absolute Gasteiger partial charge is 0.152 e. The van der Waals surface area contributed by atoms with Gasteiger partial charge in [0.1, 0.15) is 0 Å². The van der Waals surface area contributed by atoms with Gasteiger partial charge in [-0.15, -0.1) is 0 Å². The number of sulfone groups is 1. The van der Waals surface area contributed by atoms with Crippen LogP contribution < -0.4 is 5.73 Å². The summed E-state index contributed by atoms with van der Waals surface area (Å²) in [5.74, 6) is 0.556. The molecule has 5 nitrogen and oxygen atoms in total. The van der Waals surface area contributed by atoms with Gasteiger partial charge in [0.15, 0.2) is 9.84 Å². The molecule has 2 aliphatic rings. The van der Waals surface area contributed by atoms with E-state index in [2.05, 4.69) is 16.7 Å². The van der Waals surface area contributed by atoms with E-state index in [1.165, 1.54) is 0 Å². The first-order valence-electron chi connectivity index (χ1n) is 6.39. The molecule has 0 aromatic rings. The Balaban J connectivity index is 2.05. The molecule has 0 spiro atoms. The second-order valence-corrected chi connectivity index (χ2v) is 7.38. The van der Waals surface area contributed by atoms with E-state index in [1.54, 1.807) is 0 Å². The maximum Gasteiger partial charge on any atom is 0.152 e. The van der Waals surface area contributed by atoms with E-state index in [-0.39, 0.29) is 11.3 Å². The zero-order chi connectivity index (χ0) is 12.5. The zero-order valence-corrected chi connectivity index (χ0v) is 11.4. The standard InChI is InChI=1S/C11H23N3O2S/c1-2-13-4-6-14(7-5-13)11(9-12)3-8-17(15,16)10-11/h2-10,12H2,1H3. The SMILES string of the molecule is CCN1CCN(C2(CN)CCS(=O)(=O)C2)CC1. The van der Waals surface area contributed by atoms with Crippen LogP contribution in [-0.4, -0.2) is 74.5 Å². The van der Waals surface area contributed by atoms with Crippen molar-refractivity contribution in [2.24, 2.45) is 5.73 Å². The van der Waals surface area contributed by atoms with Crippen molar-refractivity contribution in [2.45, 2.75) is 18.9 Å². The molecule has 2 saturated heterocycles. The van der Waals surface area contributed by atoms with Crippen molar-refractivity contribution in [1.29, 1.82) is 0 Å². The third-order valence-electron chi connectivity index (χ3n) is 4.24. The third-order valence-corrected chi connectivity index (χ3v) is 6.04. The van der Waals surface area contributed by atoms with E-state index >= 15 is 0 Å². The summed E-state index contributed by atoms with van der Waals surface area (Å²) in [4.78, 5) is 4.70. The second kappa shape index (κ2) is 4.84. The van der Waals surface area contributed by atoms with Gasteiger partial charge in [-0.05, 0) is 13.0 Å². The molecule has 2 aliphatic heterocycles. The van der Waals surface area contributed by atoms with Crippen molar-refractivity contribution >= 4 is 9.84 Å². The Morgan fingerprint density at radius 1 is 1.24 bits per heavy atom. The quantitative estimate of drug-likeness (QED) is 0.716. The first kappa shape index (κ1) is 13.3. The number of piperazine rings is 1. The number of hydrogen-bond acceptors (Lipinski definition) is 5. The molecule has 100 valence electrons. The monoisotopic (exact) mass is 261 g/mol. The average Bonchev–Trinajstić information content (AvgIpc) is 2.66. The lowest BCUT2D eigenvalue weighted by Gasteiger charge is -2.44. The summed E-state index contributed by atoms with van der Waals surface area (Å²) in [5.41, 5.74) is 5.59. The molecule has 2 fully saturated rings. The highest BCUT2D eigenvalue weighted by Gasteiger charge is 2.46. The fourth-order valence-electron chi connectivity index (χ4n) is 2.98. The van der Waals surface area contributed by atoms with Gasteiger partial charge in [-0.1, -0.05) is 6.92 Å². The predicted octanol–water partition coefficient (Wildman–Crippen LogP) is -0.860. The average molecular weight is 261 g/mol. The summed E-state index contributed by atoms with van der Waals surface area (Å²) in [6.45, 7) is 7.63. The number of rotatable bonds is 3. The van der Waals surface area contributed by atoms with Crippen molar-refractivity contribution < 1.29 is 8.42 Å². The fourth-order valence-corrected chi connectivity index (χ4v) is 5.08. The fraction of sp³-hybridized carbons (Fsp3) is 1.00. The molecule has 0 amide bonds. The minimum atomic E-state index is -2.87. The lowest BCUT2D eigenvalue weighted by atomic mass is 9.95. The van der Waals surface area contributed by atoms with Crippen molar-refractivity contribution in [1.82, 2.24) is 9.80 Å². The maximum atomic E-state index is 11.7. The van der Waals surface area contributed by atoms with E-state index in [9.17, 15) is 8.42 Å². The van der Waals surface area contributed by atoms with Crippen LogP contribution in [0.5, 0.6) is 0 Å². The topological polar surface area (TPSA) is 66.6 Å². The zero-order valence-electron chi connectivity index (χ0n) is 10.6. The molecular weight excluding hydrogens is 238 g/mol. The van der Waals surface area contributed by atoms with Gasteiger partial charge in [0.25, 0.3) is 0 Å². The second-order valence-electron chi connectivity index (χ2n) is 5.19. The van der Waals surface area contributed by atoms with Crippen LogP contribution in [0.1, 0.15) is 13.3 Å². The molecule has 0 aliphatic carbocycles. The van der Waals surface area contributed by atoms with Gasteiger partial charge in [0.2, 0.25) is 0 Å². The molecule has 2 heterocycles. The van der Waals surface area contributed by atoms with Gasteiger partial charge in [0, 0.05) is 38.3 Å². The normalized spacial score (nSPS) is 35.2. The van der Waals surface area contributed by atoms with Gasteiger partial charge < -0.3 is 10.6 Å². The lowest BCUT2D eigenvalue weighted by molar-refractivity contribution is 0.0526. The Kier molecular flexibility index (Phi) is 3.77. The van der Waals surface area contributed by atoms with Crippen LogP contribution in [0.4, 0.5) is 0 Å². The lowest BCUT2D eigenvalue weighted by Crippen LogP contribution is -2.60. The molecule has 0 aromatic heterocycles. The number of nitrogens with zero attached hydrogens (tertiary/aromatic N) is 2. The largest absolute Gasteiger partial charge is 0.329 e. The van der Waals surface area contributed by atoms with Crippen LogP contribution >= 0.6 is 0 Å². The minimum absolute atomic E-state index is 0.253. The highest BCUT2D eigenvalue weighted by Crippen LogP contribution is 2.29. The van der Waals surface area contributed by atoms with Gasteiger partial charge in [-0.25, -0.2) is 8.42 Å². The van der Waals surface area contributed by atoms with Crippen LogP contribution in [0.15, 0.2) is 0 Å². The van der Waals surface area contributed by atoms with Crippen LogP contribution in [0, 0.1) is 0 Å². The summed E-state index contributed by atoms with van der Waals surface area (Å²) < 4.78 is 23.4. The molecular formula is C11H23N3O2S. The van der Waals surface area contributed by atoms with Crippen LogP contribution in [0.25, 0.3) is 0 Å². The van der Waals surface area contributed by atoms with Gasteiger partial charge in [-0.3, -0.25) is 4.90 Å². The van der Waals surface area contributed by atoms with Crippen molar-refractivity contribution in [3.05, 3.63) is 0 Å².